The van der Waals surface area contributed by atoms with E-state index >= 15 is 0 Å². The van der Waals surface area contributed by atoms with Gasteiger partial charge >= 0.3 is 0 Å². The fourth-order valence-electron chi connectivity index (χ4n) is 0.912. The van der Waals surface area contributed by atoms with Crippen LogP contribution in [0.25, 0.3) is 0 Å². The van der Waals surface area contributed by atoms with Crippen LogP contribution in [0.5, 0.6) is 0 Å². The van der Waals surface area contributed by atoms with Gasteiger partial charge in [0.05, 0.1) is 0 Å². The van der Waals surface area contributed by atoms with Crippen LogP contribution in [0.2, 0.25) is 0 Å². The third-order valence-electron chi connectivity index (χ3n) is 1.40. The van der Waals surface area contributed by atoms with Crippen molar-refractivity contribution in [2.45, 2.75) is 20.3 Å². The molecule has 0 aromatic heterocycles. The van der Waals surface area contributed by atoms with Crippen molar-refractivity contribution in [1.82, 2.24) is 0 Å². The molecule has 0 fully saturated rings. The molecule has 0 aromatic carbocycles. The summed E-state index contributed by atoms with van der Waals surface area (Å²) >= 11 is 0. The normalized spacial score (nSPS) is 14.3. The molecular weight excluding hydrogens is 114 g/mol. The Labute approximate surface area is 57.1 Å². The van der Waals surface area contributed by atoms with E-state index in [1.165, 1.54) is 0 Å². The largest absolute Gasteiger partial charge is 0.396 e. The fourth-order valence-corrected chi connectivity index (χ4v) is 0.912. The van der Waals surface area contributed by atoms with E-state index in [9.17, 15) is 0 Å². The van der Waals surface area contributed by atoms with E-state index in [2.05, 4.69) is 13.8 Å². The van der Waals surface area contributed by atoms with Crippen LogP contribution in [-0.4, -0.2) is 18.3 Å². The Hall–Kier alpha value is -0.0800. The number of hydrogen-bond acceptors (Lipinski definition) is 2. The van der Waals surface area contributed by atoms with Crippen molar-refractivity contribution < 1.29 is 5.11 Å². The molecule has 0 saturated heterocycles. The molecule has 0 spiro atoms. The van der Waals surface area contributed by atoms with Gasteiger partial charge in [-0.2, -0.15) is 0 Å². The Morgan fingerprint density at radius 1 is 1.44 bits per heavy atom. The summed E-state index contributed by atoms with van der Waals surface area (Å²) in [6, 6.07) is 0. The summed E-state index contributed by atoms with van der Waals surface area (Å²) in [4.78, 5) is 0. The molecule has 0 aliphatic carbocycles. The first-order valence-electron chi connectivity index (χ1n) is 3.51. The highest BCUT2D eigenvalue weighted by molar-refractivity contribution is 4.59. The Bertz CT molecular complexity index is 59.9. The first kappa shape index (κ1) is 8.92. The molecule has 0 aliphatic heterocycles. The molecule has 2 heteroatoms. The SMILES string of the molecule is CC(C)C[C@@H](CN)CO. The van der Waals surface area contributed by atoms with E-state index in [1.54, 1.807) is 0 Å². The van der Waals surface area contributed by atoms with Crippen LogP contribution >= 0.6 is 0 Å². The highest BCUT2D eigenvalue weighted by Gasteiger charge is 2.05. The van der Waals surface area contributed by atoms with Gasteiger partial charge in [0.25, 0.3) is 0 Å². The molecule has 0 aromatic rings. The standard InChI is InChI=1S/C7H17NO/c1-6(2)3-7(4-8)5-9/h6-7,9H,3-5,8H2,1-2H3/t7-/m0/s1. The Balaban J connectivity index is 3.31. The molecule has 0 rings (SSSR count). The van der Waals surface area contributed by atoms with Crippen LogP contribution < -0.4 is 5.73 Å². The zero-order chi connectivity index (χ0) is 7.28. The molecule has 0 saturated carbocycles. The van der Waals surface area contributed by atoms with Gasteiger partial charge in [-0.25, -0.2) is 0 Å². The van der Waals surface area contributed by atoms with Gasteiger partial charge in [-0.1, -0.05) is 13.8 Å². The lowest BCUT2D eigenvalue weighted by molar-refractivity contribution is 0.210. The minimum absolute atomic E-state index is 0.231. The molecule has 0 amide bonds. The number of hydrogen-bond donors (Lipinski definition) is 2. The van der Waals surface area contributed by atoms with Crippen molar-refractivity contribution >= 4 is 0 Å². The van der Waals surface area contributed by atoms with Gasteiger partial charge in [-0.05, 0) is 24.8 Å². The monoisotopic (exact) mass is 131 g/mol. The lowest BCUT2D eigenvalue weighted by Crippen LogP contribution is -2.19. The highest BCUT2D eigenvalue weighted by Crippen LogP contribution is 2.08. The summed E-state index contributed by atoms with van der Waals surface area (Å²) in [5.74, 6) is 0.954. The van der Waals surface area contributed by atoms with Crippen LogP contribution in [0.15, 0.2) is 0 Å². The van der Waals surface area contributed by atoms with Crippen molar-refractivity contribution in [2.24, 2.45) is 17.6 Å². The fraction of sp³-hybridized carbons (Fsp3) is 1.00. The number of aliphatic hydroxyl groups is 1. The first-order chi connectivity index (χ1) is 4.20. The zero-order valence-corrected chi connectivity index (χ0v) is 6.30. The van der Waals surface area contributed by atoms with Gasteiger partial charge in [0.15, 0.2) is 0 Å². The van der Waals surface area contributed by atoms with E-state index < -0.39 is 0 Å². The maximum atomic E-state index is 8.69. The molecule has 0 radical (unpaired) electrons. The zero-order valence-electron chi connectivity index (χ0n) is 6.30. The molecule has 0 bridgehead atoms. The van der Waals surface area contributed by atoms with Crippen molar-refractivity contribution in [1.29, 1.82) is 0 Å². The van der Waals surface area contributed by atoms with Crippen molar-refractivity contribution in [3.8, 4) is 0 Å². The topological polar surface area (TPSA) is 46.2 Å². The second kappa shape index (κ2) is 4.77. The minimum atomic E-state index is 0.231. The lowest BCUT2D eigenvalue weighted by Gasteiger charge is -2.12. The molecule has 56 valence electrons. The summed E-state index contributed by atoms with van der Waals surface area (Å²) in [6.45, 7) is 5.11. The summed E-state index contributed by atoms with van der Waals surface area (Å²) in [5, 5.41) is 8.69. The van der Waals surface area contributed by atoms with Crippen LogP contribution in [-0.2, 0) is 0 Å². The number of rotatable bonds is 4. The molecular formula is C7H17NO. The predicted octanol–water partition coefficient (Wildman–Crippen LogP) is 0.600. The van der Waals surface area contributed by atoms with Gasteiger partial charge < -0.3 is 10.8 Å². The maximum absolute atomic E-state index is 8.69. The van der Waals surface area contributed by atoms with Gasteiger partial charge in [-0.15, -0.1) is 0 Å². The molecule has 9 heavy (non-hydrogen) atoms. The average molecular weight is 131 g/mol. The summed E-state index contributed by atoms with van der Waals surface area (Å²) < 4.78 is 0. The van der Waals surface area contributed by atoms with E-state index in [-0.39, 0.29) is 6.61 Å². The van der Waals surface area contributed by atoms with Gasteiger partial charge in [-0.3, -0.25) is 0 Å². The van der Waals surface area contributed by atoms with Crippen molar-refractivity contribution in [3.63, 3.8) is 0 Å². The lowest BCUT2D eigenvalue weighted by atomic mass is 9.98. The van der Waals surface area contributed by atoms with Crippen molar-refractivity contribution in [2.75, 3.05) is 13.2 Å². The van der Waals surface area contributed by atoms with Crippen LogP contribution in [0.3, 0.4) is 0 Å². The smallest absolute Gasteiger partial charge is 0.0471 e. The van der Waals surface area contributed by atoms with E-state index in [4.69, 9.17) is 10.8 Å². The first-order valence-corrected chi connectivity index (χ1v) is 3.51. The molecule has 3 N–H and O–H groups in total. The van der Waals surface area contributed by atoms with E-state index in [1.807, 2.05) is 0 Å². The summed E-state index contributed by atoms with van der Waals surface area (Å²) in [6.07, 6.45) is 1.03. The van der Waals surface area contributed by atoms with Crippen LogP contribution in [0.4, 0.5) is 0 Å². The minimum Gasteiger partial charge on any atom is -0.396 e. The third kappa shape index (κ3) is 4.43. The average Bonchev–Trinajstić information content (AvgIpc) is 1.82. The van der Waals surface area contributed by atoms with Crippen LogP contribution in [0.1, 0.15) is 20.3 Å². The molecule has 0 heterocycles. The number of nitrogens with two attached hydrogens (primary N) is 1. The van der Waals surface area contributed by atoms with Crippen LogP contribution in [0, 0.1) is 11.8 Å². The predicted molar refractivity (Wildman–Crippen MR) is 39.1 cm³/mol. The van der Waals surface area contributed by atoms with E-state index in [0.717, 1.165) is 6.42 Å². The summed E-state index contributed by atoms with van der Waals surface area (Å²) in [5.41, 5.74) is 5.37. The second-order valence-corrected chi connectivity index (χ2v) is 2.91. The van der Waals surface area contributed by atoms with Gasteiger partial charge in [0.2, 0.25) is 0 Å². The molecule has 0 unspecified atom stereocenters. The summed E-state index contributed by atoms with van der Waals surface area (Å²) in [7, 11) is 0. The Kier molecular flexibility index (Phi) is 4.72. The number of aliphatic hydroxyl groups excluding tert-OH is 1. The highest BCUT2D eigenvalue weighted by atomic mass is 16.3. The Morgan fingerprint density at radius 2 is 2.00 bits per heavy atom. The quantitative estimate of drug-likeness (QED) is 0.587. The third-order valence-corrected chi connectivity index (χ3v) is 1.40. The Morgan fingerprint density at radius 3 is 2.11 bits per heavy atom. The van der Waals surface area contributed by atoms with Gasteiger partial charge in [0.1, 0.15) is 0 Å². The second-order valence-electron chi connectivity index (χ2n) is 2.91. The molecule has 0 aliphatic rings. The molecule has 2 nitrogen and oxygen atoms in total. The van der Waals surface area contributed by atoms with E-state index in [0.29, 0.717) is 18.4 Å². The van der Waals surface area contributed by atoms with Crippen molar-refractivity contribution in [3.05, 3.63) is 0 Å². The maximum Gasteiger partial charge on any atom is 0.0471 e. The van der Waals surface area contributed by atoms with Gasteiger partial charge in [0, 0.05) is 6.61 Å². The molecule has 1 atom stereocenters.